The van der Waals surface area contributed by atoms with Crippen LogP contribution in [0.25, 0.3) is 0 Å². The summed E-state index contributed by atoms with van der Waals surface area (Å²) in [6, 6.07) is -0.217. The van der Waals surface area contributed by atoms with E-state index in [0.29, 0.717) is 31.8 Å². The quantitative estimate of drug-likeness (QED) is 0.147. The van der Waals surface area contributed by atoms with Gasteiger partial charge in [0.05, 0.1) is 30.1 Å². The molecule has 11 heteroatoms. The molecule has 0 aromatic rings. The van der Waals surface area contributed by atoms with Gasteiger partial charge < -0.3 is 19.6 Å². The first kappa shape index (κ1) is 26.5. The molecule has 0 aromatic carbocycles. The summed E-state index contributed by atoms with van der Waals surface area (Å²) in [4.78, 5) is 23.5. The molecule has 2 amide bonds. The van der Waals surface area contributed by atoms with Gasteiger partial charge in [0.1, 0.15) is 11.9 Å². The number of rotatable bonds is 13. The zero-order chi connectivity index (χ0) is 20.2. The van der Waals surface area contributed by atoms with Crippen LogP contribution in [-0.2, 0) is 18.5 Å². The number of carbonyl (C=O) groups excluding carboxylic acids is 2. The maximum absolute atomic E-state index is 12.6. The van der Waals surface area contributed by atoms with Crippen molar-refractivity contribution in [2.45, 2.75) is 19.4 Å². The summed E-state index contributed by atoms with van der Waals surface area (Å²) in [5, 5.41) is 5.19. The van der Waals surface area contributed by atoms with E-state index in [1.54, 1.807) is 0 Å². The summed E-state index contributed by atoms with van der Waals surface area (Å²) in [7, 11) is 0. The molecule has 1 saturated heterocycles. The van der Waals surface area contributed by atoms with Gasteiger partial charge >= 0.3 is 0 Å². The highest BCUT2D eigenvalue weighted by atomic mass is 35.5. The van der Waals surface area contributed by atoms with Crippen molar-refractivity contribution >= 4 is 49.1 Å². The summed E-state index contributed by atoms with van der Waals surface area (Å²) in [5.41, 5.74) is 0.514. The van der Waals surface area contributed by atoms with Crippen LogP contribution in [0.5, 0.6) is 0 Å². The summed E-state index contributed by atoms with van der Waals surface area (Å²) >= 11 is 6.67. The van der Waals surface area contributed by atoms with Gasteiger partial charge in [-0.15, -0.1) is 0 Å². The SMILES string of the molecule is C=C(CCNC(=O)CO/C=C/C=C(/Cl)C(=C)F)NC(=O)C1CN1SOCC.S. The highest BCUT2D eigenvalue weighted by Crippen LogP contribution is 2.28. The Kier molecular flexibility index (Phi) is 13.8. The van der Waals surface area contributed by atoms with Crippen LogP contribution in [0.2, 0.25) is 0 Å². The maximum atomic E-state index is 12.6. The van der Waals surface area contributed by atoms with Crippen LogP contribution in [0.15, 0.2) is 48.1 Å². The number of allylic oxidation sites excluding steroid dienone is 4. The molecule has 2 atom stereocenters. The molecule has 158 valence electrons. The predicted molar refractivity (Wildman–Crippen MR) is 114 cm³/mol. The number of hydrogen-bond acceptors (Lipinski definition) is 6. The van der Waals surface area contributed by atoms with E-state index in [2.05, 4.69) is 23.8 Å². The summed E-state index contributed by atoms with van der Waals surface area (Å²) < 4.78 is 24.5. The van der Waals surface area contributed by atoms with E-state index in [-0.39, 0.29) is 43.0 Å². The zero-order valence-corrected chi connectivity index (χ0v) is 18.1. The number of hydrogen-bond donors (Lipinski definition) is 2. The topological polar surface area (TPSA) is 79.7 Å². The fourth-order valence-electron chi connectivity index (χ4n) is 1.66. The molecule has 7 nitrogen and oxygen atoms in total. The lowest BCUT2D eigenvalue weighted by atomic mass is 10.3. The fraction of sp³-hybridized carbons (Fsp3) is 0.412. The normalized spacial score (nSPS) is 18.2. The summed E-state index contributed by atoms with van der Waals surface area (Å²) in [6.45, 7) is 9.97. The van der Waals surface area contributed by atoms with E-state index in [1.165, 1.54) is 30.6 Å². The third-order valence-electron chi connectivity index (χ3n) is 3.08. The van der Waals surface area contributed by atoms with Crippen molar-refractivity contribution in [2.75, 3.05) is 26.3 Å². The Labute approximate surface area is 180 Å². The highest BCUT2D eigenvalue weighted by Gasteiger charge is 2.42. The fourth-order valence-corrected chi connectivity index (χ4v) is 2.37. The molecule has 1 heterocycles. The van der Waals surface area contributed by atoms with Gasteiger partial charge in [-0.1, -0.05) is 24.8 Å². The molecule has 1 aliphatic rings. The van der Waals surface area contributed by atoms with Crippen molar-refractivity contribution in [1.82, 2.24) is 14.9 Å². The van der Waals surface area contributed by atoms with E-state index >= 15 is 0 Å². The molecule has 1 rings (SSSR count). The number of carbonyl (C=O) groups is 2. The lowest BCUT2D eigenvalue weighted by Gasteiger charge is -2.09. The average molecular weight is 454 g/mol. The molecule has 1 fully saturated rings. The lowest BCUT2D eigenvalue weighted by Crippen LogP contribution is -2.32. The summed E-state index contributed by atoms with van der Waals surface area (Å²) in [5.74, 6) is -1.24. The minimum Gasteiger partial charge on any atom is -0.491 e. The van der Waals surface area contributed by atoms with Crippen LogP contribution in [0, 0.1) is 0 Å². The van der Waals surface area contributed by atoms with E-state index in [9.17, 15) is 14.0 Å². The molecule has 0 aliphatic carbocycles. The molecular weight excluding hydrogens is 429 g/mol. The minimum absolute atomic E-state index is 0. The van der Waals surface area contributed by atoms with Gasteiger partial charge in [0, 0.05) is 25.2 Å². The highest BCUT2D eigenvalue weighted by molar-refractivity contribution is 7.92. The molecule has 0 aromatic heterocycles. The Balaban J connectivity index is 0.00000729. The first-order valence-corrected chi connectivity index (χ1v) is 9.23. The van der Waals surface area contributed by atoms with Crippen LogP contribution in [0.3, 0.4) is 0 Å². The van der Waals surface area contributed by atoms with Gasteiger partial charge in [-0.25, -0.2) is 8.70 Å². The van der Waals surface area contributed by atoms with Crippen LogP contribution in [0.1, 0.15) is 13.3 Å². The largest absolute Gasteiger partial charge is 0.491 e. The molecule has 0 radical (unpaired) electrons. The van der Waals surface area contributed by atoms with Gasteiger partial charge in [-0.05, 0) is 19.1 Å². The standard InChI is InChI=1S/C17H23ClFN3O4S.H2S/c1-4-26-27-22-10-15(22)17(24)21-12(2)7-8-20-16(23)11-25-9-5-6-14(18)13(3)19;/h5-6,9,15H,2-4,7-8,10-11H2,1H3,(H,20,23)(H,21,24);1H2/b9-5+,14-6+;. The average Bonchev–Trinajstić information content (AvgIpc) is 3.39. The van der Waals surface area contributed by atoms with Crippen LogP contribution >= 0.6 is 37.3 Å². The van der Waals surface area contributed by atoms with Gasteiger partial charge in [-0.3, -0.25) is 9.59 Å². The number of halogens is 2. The summed E-state index contributed by atoms with van der Waals surface area (Å²) in [6.07, 6.45) is 4.21. The molecule has 2 N–H and O–H groups in total. The third kappa shape index (κ3) is 11.4. The number of nitrogens with one attached hydrogen (secondary N) is 2. The van der Waals surface area contributed by atoms with Crippen molar-refractivity contribution in [1.29, 1.82) is 0 Å². The second-order valence-electron chi connectivity index (χ2n) is 5.35. The Morgan fingerprint density at radius 3 is 2.79 bits per heavy atom. The first-order valence-electron chi connectivity index (χ1n) is 8.15. The first-order chi connectivity index (χ1) is 12.8. The minimum atomic E-state index is -0.756. The smallest absolute Gasteiger partial charge is 0.257 e. The molecule has 1 aliphatic heterocycles. The van der Waals surface area contributed by atoms with E-state index in [4.69, 9.17) is 20.5 Å². The Hall–Kier alpha value is -1.46. The molecule has 0 saturated carbocycles. The van der Waals surface area contributed by atoms with Crippen molar-refractivity contribution in [2.24, 2.45) is 0 Å². The number of nitrogens with zero attached hydrogens (tertiary/aromatic N) is 1. The Morgan fingerprint density at radius 2 is 2.14 bits per heavy atom. The van der Waals surface area contributed by atoms with Crippen molar-refractivity contribution < 1.29 is 22.9 Å². The number of amides is 2. The Bertz CT molecular complexity index is 632. The van der Waals surface area contributed by atoms with Gasteiger partial charge in [0.2, 0.25) is 5.91 Å². The molecule has 0 bridgehead atoms. The third-order valence-corrected chi connectivity index (χ3v) is 4.34. The van der Waals surface area contributed by atoms with E-state index < -0.39 is 5.83 Å². The Morgan fingerprint density at radius 1 is 1.43 bits per heavy atom. The van der Waals surface area contributed by atoms with Crippen LogP contribution in [0.4, 0.5) is 4.39 Å². The van der Waals surface area contributed by atoms with Crippen molar-refractivity contribution in [3.63, 3.8) is 0 Å². The van der Waals surface area contributed by atoms with E-state index in [0.717, 1.165) is 0 Å². The maximum Gasteiger partial charge on any atom is 0.257 e. The molecule has 28 heavy (non-hydrogen) atoms. The second kappa shape index (κ2) is 14.5. The second-order valence-corrected chi connectivity index (χ2v) is 6.61. The molecule has 0 spiro atoms. The van der Waals surface area contributed by atoms with Crippen LogP contribution in [-0.4, -0.2) is 48.5 Å². The zero-order valence-electron chi connectivity index (χ0n) is 15.5. The molecular formula is C17H25ClFN3O4S2. The molecule has 2 unspecified atom stereocenters. The van der Waals surface area contributed by atoms with Gasteiger partial charge in [0.15, 0.2) is 6.61 Å². The van der Waals surface area contributed by atoms with Gasteiger partial charge in [0.25, 0.3) is 5.91 Å². The van der Waals surface area contributed by atoms with Crippen molar-refractivity contribution in [3.8, 4) is 0 Å². The van der Waals surface area contributed by atoms with Crippen LogP contribution < -0.4 is 10.6 Å². The predicted octanol–water partition coefficient (Wildman–Crippen LogP) is 2.66. The monoisotopic (exact) mass is 453 g/mol. The number of ether oxygens (including phenoxy) is 1. The lowest BCUT2D eigenvalue weighted by molar-refractivity contribution is -0.124. The van der Waals surface area contributed by atoms with E-state index in [1.807, 2.05) is 11.2 Å². The van der Waals surface area contributed by atoms with Gasteiger partial charge in [-0.2, -0.15) is 13.5 Å². The van der Waals surface area contributed by atoms with Crippen molar-refractivity contribution in [3.05, 3.63) is 48.1 Å².